The molecule has 1 fully saturated rings. The minimum atomic E-state index is -0.796. The number of hydrogen-bond acceptors (Lipinski definition) is 3. The Bertz CT molecular complexity index is 263. The standard InChI is InChI=1S/C9H14N2O3/c10-8(12)4-2-6-11-5-1-3-7(11)9(13)14/h2,4,7H,1,3,5-6H2,(H2,10,12)(H,13,14)/t7-/m0/s1. The number of carbonyl (C=O) groups is 2. The fraction of sp³-hybridized carbons (Fsp3) is 0.556. The molecular weight excluding hydrogens is 184 g/mol. The Morgan fingerprint density at radius 2 is 2.29 bits per heavy atom. The highest BCUT2D eigenvalue weighted by molar-refractivity contribution is 5.85. The van der Waals surface area contributed by atoms with E-state index >= 15 is 0 Å². The number of carbonyl (C=O) groups excluding carboxylic acids is 1. The molecule has 0 aromatic rings. The van der Waals surface area contributed by atoms with Crippen LogP contribution >= 0.6 is 0 Å². The Morgan fingerprint density at radius 3 is 2.86 bits per heavy atom. The van der Waals surface area contributed by atoms with E-state index in [1.807, 2.05) is 4.90 Å². The van der Waals surface area contributed by atoms with Crippen LogP contribution in [0.15, 0.2) is 12.2 Å². The third-order valence-corrected chi connectivity index (χ3v) is 2.27. The van der Waals surface area contributed by atoms with Gasteiger partial charge < -0.3 is 10.8 Å². The molecule has 1 aliphatic heterocycles. The highest BCUT2D eigenvalue weighted by Gasteiger charge is 2.29. The highest BCUT2D eigenvalue weighted by atomic mass is 16.4. The van der Waals surface area contributed by atoms with Gasteiger partial charge in [-0.3, -0.25) is 14.5 Å². The lowest BCUT2D eigenvalue weighted by Crippen LogP contribution is -2.36. The predicted molar refractivity (Wildman–Crippen MR) is 50.6 cm³/mol. The summed E-state index contributed by atoms with van der Waals surface area (Å²) < 4.78 is 0. The summed E-state index contributed by atoms with van der Waals surface area (Å²) in [6.45, 7) is 1.24. The molecule has 0 spiro atoms. The van der Waals surface area contributed by atoms with Crippen LogP contribution in [0.2, 0.25) is 0 Å². The number of primary amides is 1. The first-order valence-corrected chi connectivity index (χ1v) is 4.54. The number of likely N-dealkylation sites (tertiary alicyclic amines) is 1. The molecular formula is C9H14N2O3. The van der Waals surface area contributed by atoms with Crippen molar-refractivity contribution in [2.45, 2.75) is 18.9 Å². The summed E-state index contributed by atoms with van der Waals surface area (Å²) >= 11 is 0. The number of hydrogen-bond donors (Lipinski definition) is 2. The molecule has 0 unspecified atom stereocenters. The zero-order valence-corrected chi connectivity index (χ0v) is 7.85. The van der Waals surface area contributed by atoms with Gasteiger partial charge in [0.25, 0.3) is 0 Å². The summed E-state index contributed by atoms with van der Waals surface area (Å²) in [4.78, 5) is 23.0. The van der Waals surface area contributed by atoms with E-state index in [4.69, 9.17) is 10.8 Å². The molecule has 1 heterocycles. The fourth-order valence-electron chi connectivity index (χ4n) is 1.63. The number of nitrogens with zero attached hydrogens (tertiary/aromatic N) is 1. The SMILES string of the molecule is NC(=O)C=CCN1CCC[C@H]1C(=O)O. The van der Waals surface area contributed by atoms with Crippen LogP contribution in [0.3, 0.4) is 0 Å². The smallest absolute Gasteiger partial charge is 0.320 e. The number of nitrogens with two attached hydrogens (primary N) is 1. The summed E-state index contributed by atoms with van der Waals surface area (Å²) in [5.41, 5.74) is 4.91. The van der Waals surface area contributed by atoms with Gasteiger partial charge in [-0.1, -0.05) is 6.08 Å². The van der Waals surface area contributed by atoms with Crippen LogP contribution in [0.4, 0.5) is 0 Å². The van der Waals surface area contributed by atoms with Gasteiger partial charge in [-0.2, -0.15) is 0 Å². The molecule has 0 aromatic heterocycles. The molecule has 1 saturated heterocycles. The van der Waals surface area contributed by atoms with Gasteiger partial charge in [0.1, 0.15) is 6.04 Å². The maximum Gasteiger partial charge on any atom is 0.320 e. The van der Waals surface area contributed by atoms with E-state index < -0.39 is 17.9 Å². The average Bonchev–Trinajstić information content (AvgIpc) is 2.51. The van der Waals surface area contributed by atoms with Gasteiger partial charge in [-0.15, -0.1) is 0 Å². The highest BCUT2D eigenvalue weighted by Crippen LogP contribution is 2.16. The normalized spacial score (nSPS) is 23.0. The van der Waals surface area contributed by atoms with Crippen LogP contribution in [-0.4, -0.2) is 41.0 Å². The fourth-order valence-corrected chi connectivity index (χ4v) is 1.63. The summed E-state index contributed by atoms with van der Waals surface area (Å²) in [6.07, 6.45) is 4.43. The summed E-state index contributed by atoms with van der Waals surface area (Å²) in [6, 6.07) is -0.410. The molecule has 1 aliphatic rings. The number of rotatable bonds is 4. The van der Waals surface area contributed by atoms with Crippen molar-refractivity contribution >= 4 is 11.9 Å². The molecule has 0 saturated carbocycles. The molecule has 3 N–H and O–H groups in total. The van der Waals surface area contributed by atoms with E-state index in [1.54, 1.807) is 6.08 Å². The van der Waals surface area contributed by atoms with Gasteiger partial charge in [0.15, 0.2) is 0 Å². The average molecular weight is 198 g/mol. The number of carboxylic acids is 1. The monoisotopic (exact) mass is 198 g/mol. The van der Waals surface area contributed by atoms with Crippen molar-refractivity contribution in [1.82, 2.24) is 4.90 Å². The maximum atomic E-state index is 10.8. The largest absolute Gasteiger partial charge is 0.480 e. The molecule has 1 rings (SSSR count). The summed E-state index contributed by atoms with van der Waals surface area (Å²) in [5, 5.41) is 8.83. The van der Waals surface area contributed by atoms with Gasteiger partial charge in [-0.05, 0) is 25.5 Å². The molecule has 1 amide bonds. The van der Waals surface area contributed by atoms with Crippen LogP contribution in [0.1, 0.15) is 12.8 Å². The Balaban J connectivity index is 2.44. The molecule has 0 aliphatic carbocycles. The minimum absolute atomic E-state index is 0.410. The van der Waals surface area contributed by atoms with Crippen LogP contribution < -0.4 is 5.73 Å². The lowest BCUT2D eigenvalue weighted by Gasteiger charge is -2.18. The Morgan fingerprint density at radius 1 is 1.57 bits per heavy atom. The van der Waals surface area contributed by atoms with Crippen molar-refractivity contribution in [3.05, 3.63) is 12.2 Å². The predicted octanol–water partition coefficient (Wildman–Crippen LogP) is -0.423. The second-order valence-corrected chi connectivity index (χ2v) is 3.30. The van der Waals surface area contributed by atoms with Gasteiger partial charge in [0, 0.05) is 6.54 Å². The number of aliphatic carboxylic acids is 1. The van der Waals surface area contributed by atoms with Crippen LogP contribution in [0.5, 0.6) is 0 Å². The van der Waals surface area contributed by atoms with Crippen molar-refractivity contribution in [1.29, 1.82) is 0 Å². The Labute approximate surface area is 82.2 Å². The first-order chi connectivity index (χ1) is 6.61. The lowest BCUT2D eigenvalue weighted by atomic mass is 10.2. The second kappa shape index (κ2) is 4.76. The lowest BCUT2D eigenvalue weighted by molar-refractivity contribution is -0.141. The van der Waals surface area contributed by atoms with Crippen molar-refractivity contribution in [3.8, 4) is 0 Å². The van der Waals surface area contributed by atoms with Crippen LogP contribution in [0, 0.1) is 0 Å². The number of amides is 1. The molecule has 1 atom stereocenters. The van der Waals surface area contributed by atoms with Crippen molar-refractivity contribution in [2.75, 3.05) is 13.1 Å². The van der Waals surface area contributed by atoms with Gasteiger partial charge in [0.05, 0.1) is 0 Å². The summed E-state index contributed by atoms with van der Waals surface area (Å²) in [5.74, 6) is -1.30. The van der Waals surface area contributed by atoms with Gasteiger partial charge >= 0.3 is 5.97 Å². The maximum absolute atomic E-state index is 10.8. The van der Waals surface area contributed by atoms with Crippen LogP contribution in [-0.2, 0) is 9.59 Å². The van der Waals surface area contributed by atoms with Crippen molar-refractivity contribution < 1.29 is 14.7 Å². The van der Waals surface area contributed by atoms with Crippen molar-refractivity contribution in [3.63, 3.8) is 0 Å². The van der Waals surface area contributed by atoms with E-state index in [0.717, 1.165) is 13.0 Å². The van der Waals surface area contributed by atoms with E-state index in [0.29, 0.717) is 13.0 Å². The van der Waals surface area contributed by atoms with E-state index in [2.05, 4.69) is 0 Å². The van der Waals surface area contributed by atoms with Gasteiger partial charge in [-0.25, -0.2) is 0 Å². The molecule has 5 heteroatoms. The molecule has 0 bridgehead atoms. The Kier molecular flexibility index (Phi) is 3.64. The third-order valence-electron chi connectivity index (χ3n) is 2.27. The Hall–Kier alpha value is -1.36. The summed E-state index contributed by atoms with van der Waals surface area (Å²) in [7, 11) is 0. The minimum Gasteiger partial charge on any atom is -0.480 e. The molecule has 78 valence electrons. The first kappa shape index (κ1) is 10.7. The number of carboxylic acid groups (broad SMARTS) is 1. The van der Waals surface area contributed by atoms with Gasteiger partial charge in [0.2, 0.25) is 5.91 Å². The van der Waals surface area contributed by atoms with E-state index in [1.165, 1.54) is 6.08 Å². The van der Waals surface area contributed by atoms with Crippen molar-refractivity contribution in [2.24, 2.45) is 5.73 Å². The molecule has 0 radical (unpaired) electrons. The quantitative estimate of drug-likeness (QED) is 0.601. The zero-order chi connectivity index (χ0) is 10.6. The zero-order valence-electron chi connectivity index (χ0n) is 7.85. The topological polar surface area (TPSA) is 83.6 Å². The third kappa shape index (κ3) is 2.85. The molecule has 0 aromatic carbocycles. The molecule has 5 nitrogen and oxygen atoms in total. The first-order valence-electron chi connectivity index (χ1n) is 4.54. The van der Waals surface area contributed by atoms with Crippen LogP contribution in [0.25, 0.3) is 0 Å². The second-order valence-electron chi connectivity index (χ2n) is 3.30. The van der Waals surface area contributed by atoms with E-state index in [-0.39, 0.29) is 0 Å². The van der Waals surface area contributed by atoms with E-state index in [9.17, 15) is 9.59 Å². The molecule has 14 heavy (non-hydrogen) atoms.